The van der Waals surface area contributed by atoms with E-state index in [9.17, 15) is 0 Å². The van der Waals surface area contributed by atoms with E-state index in [2.05, 4.69) is 47.6 Å². The highest BCUT2D eigenvalue weighted by Crippen LogP contribution is 2.32. The van der Waals surface area contributed by atoms with Crippen molar-refractivity contribution in [1.29, 1.82) is 0 Å². The fourth-order valence-electron chi connectivity index (χ4n) is 2.38. The van der Waals surface area contributed by atoms with Crippen LogP contribution in [0.25, 0.3) is 0 Å². The minimum absolute atomic E-state index is 0.510. The van der Waals surface area contributed by atoms with Gasteiger partial charge >= 0.3 is 0 Å². The number of hydrogen-bond donors (Lipinski definition) is 1. The predicted octanol–water partition coefficient (Wildman–Crippen LogP) is 1.86. The molecule has 0 saturated carbocycles. The van der Waals surface area contributed by atoms with E-state index in [1.54, 1.807) is 0 Å². The van der Waals surface area contributed by atoms with Crippen LogP contribution in [0.2, 0.25) is 0 Å². The van der Waals surface area contributed by atoms with Gasteiger partial charge in [-0.2, -0.15) is 0 Å². The van der Waals surface area contributed by atoms with Crippen molar-refractivity contribution in [3.63, 3.8) is 0 Å². The molecule has 1 N–H and O–H groups in total. The number of nitrogens with one attached hydrogen (secondary N) is 1. The second-order valence-electron chi connectivity index (χ2n) is 4.36. The summed E-state index contributed by atoms with van der Waals surface area (Å²) in [4.78, 5) is 2.29. The van der Waals surface area contributed by atoms with Crippen molar-refractivity contribution in [2.75, 3.05) is 18.1 Å². The topological polar surface area (TPSA) is 24.5 Å². The molecule has 1 aromatic carbocycles. The van der Waals surface area contributed by atoms with Crippen molar-refractivity contribution in [2.45, 2.75) is 19.4 Å². The van der Waals surface area contributed by atoms with Crippen LogP contribution in [0.1, 0.15) is 12.5 Å². The predicted molar refractivity (Wildman–Crippen MR) is 64.1 cm³/mol. The lowest BCUT2D eigenvalue weighted by Crippen LogP contribution is -2.25. The summed E-state index contributed by atoms with van der Waals surface area (Å²) in [5, 5.41) is 3.23. The lowest BCUT2D eigenvalue weighted by Gasteiger charge is -2.20. The van der Waals surface area contributed by atoms with Gasteiger partial charge in [0.25, 0.3) is 0 Å². The molecule has 3 rings (SSSR count). The van der Waals surface area contributed by atoms with Crippen LogP contribution in [0.4, 0.5) is 5.69 Å². The molecular weight excluding hydrogens is 200 g/mol. The van der Waals surface area contributed by atoms with Gasteiger partial charge in [0.15, 0.2) is 0 Å². The van der Waals surface area contributed by atoms with Crippen molar-refractivity contribution >= 4 is 5.69 Å². The third-order valence-electron chi connectivity index (χ3n) is 3.18. The van der Waals surface area contributed by atoms with E-state index in [1.807, 2.05) is 0 Å². The Morgan fingerprint density at radius 1 is 1.44 bits per heavy atom. The van der Waals surface area contributed by atoms with E-state index in [1.165, 1.54) is 11.3 Å². The average molecular weight is 216 g/mol. The van der Waals surface area contributed by atoms with Gasteiger partial charge < -0.3 is 15.0 Å². The van der Waals surface area contributed by atoms with Gasteiger partial charge in [0.05, 0.1) is 12.7 Å². The summed E-state index contributed by atoms with van der Waals surface area (Å²) in [7, 11) is 0. The molecule has 16 heavy (non-hydrogen) atoms. The Bertz CT molecular complexity index is 420. The Kier molecular flexibility index (Phi) is 2.24. The molecule has 2 heterocycles. The zero-order valence-corrected chi connectivity index (χ0v) is 9.44. The summed E-state index contributed by atoms with van der Waals surface area (Å²) in [6, 6.07) is 9.08. The monoisotopic (exact) mass is 216 g/mol. The first-order chi connectivity index (χ1) is 7.84. The summed E-state index contributed by atoms with van der Waals surface area (Å²) in [5.41, 5.74) is 2.73. The zero-order chi connectivity index (χ0) is 11.0. The minimum Gasteiger partial charge on any atom is -0.476 e. The molecule has 0 spiro atoms. The van der Waals surface area contributed by atoms with Crippen LogP contribution in [0.3, 0.4) is 0 Å². The lowest BCUT2D eigenvalue weighted by molar-refractivity contribution is 0.264. The van der Waals surface area contributed by atoms with E-state index in [4.69, 9.17) is 4.74 Å². The summed E-state index contributed by atoms with van der Waals surface area (Å²) < 4.78 is 5.49. The normalized spacial score (nSPS) is 25.4. The fraction of sp³-hybridized carbons (Fsp3) is 0.385. The van der Waals surface area contributed by atoms with Crippen molar-refractivity contribution in [3.05, 3.63) is 41.9 Å². The molecule has 0 amide bonds. The van der Waals surface area contributed by atoms with Crippen molar-refractivity contribution < 1.29 is 4.74 Å². The molecule has 2 aliphatic heterocycles. The van der Waals surface area contributed by atoms with Gasteiger partial charge in [0.2, 0.25) is 5.88 Å². The van der Waals surface area contributed by atoms with Crippen molar-refractivity contribution in [3.8, 4) is 0 Å². The Hall–Kier alpha value is -1.64. The standard InChI is InChI=1S/C13H16N2O/c1-10-8-11-4-2-3-5-12(11)15(10)9-13-14-6-7-16-13/h2-5,9-10,14H,6-8H2,1H3. The number of nitrogens with zero attached hydrogens (tertiary/aromatic N) is 1. The second-order valence-corrected chi connectivity index (χ2v) is 4.36. The van der Waals surface area contributed by atoms with Crippen LogP contribution >= 0.6 is 0 Å². The zero-order valence-electron chi connectivity index (χ0n) is 9.44. The third-order valence-corrected chi connectivity index (χ3v) is 3.18. The number of para-hydroxylation sites is 1. The van der Waals surface area contributed by atoms with Gasteiger partial charge in [-0.1, -0.05) is 18.2 Å². The van der Waals surface area contributed by atoms with Crippen LogP contribution < -0.4 is 10.2 Å². The molecule has 84 valence electrons. The second kappa shape index (κ2) is 3.74. The first-order valence-electron chi connectivity index (χ1n) is 5.79. The molecule has 1 atom stereocenters. The molecule has 1 unspecified atom stereocenters. The summed E-state index contributed by atoms with van der Waals surface area (Å²) in [6.07, 6.45) is 3.20. The molecule has 0 bridgehead atoms. The molecular formula is C13H16N2O. The van der Waals surface area contributed by atoms with Gasteiger partial charge in [0.1, 0.15) is 6.61 Å². The van der Waals surface area contributed by atoms with E-state index in [0.717, 1.165) is 25.5 Å². The van der Waals surface area contributed by atoms with E-state index >= 15 is 0 Å². The van der Waals surface area contributed by atoms with E-state index in [0.29, 0.717) is 6.04 Å². The van der Waals surface area contributed by atoms with Gasteiger partial charge in [-0.3, -0.25) is 0 Å². The fourth-order valence-corrected chi connectivity index (χ4v) is 2.38. The molecule has 2 aliphatic rings. The SMILES string of the molecule is CC1Cc2ccccc2N1C=C1NCCO1. The first-order valence-corrected chi connectivity index (χ1v) is 5.79. The summed E-state index contributed by atoms with van der Waals surface area (Å²) >= 11 is 0. The van der Waals surface area contributed by atoms with Crippen LogP contribution in [-0.2, 0) is 11.2 Å². The molecule has 3 heteroatoms. The van der Waals surface area contributed by atoms with E-state index < -0.39 is 0 Å². The molecule has 0 aliphatic carbocycles. The number of fused-ring (bicyclic) bond motifs is 1. The minimum atomic E-state index is 0.510. The van der Waals surface area contributed by atoms with Crippen LogP contribution in [-0.4, -0.2) is 19.2 Å². The molecule has 1 saturated heterocycles. The highest BCUT2D eigenvalue weighted by molar-refractivity contribution is 5.61. The Morgan fingerprint density at radius 2 is 2.31 bits per heavy atom. The maximum absolute atomic E-state index is 5.49. The average Bonchev–Trinajstić information content (AvgIpc) is 2.89. The summed E-state index contributed by atoms with van der Waals surface area (Å²) in [5.74, 6) is 0.892. The maximum Gasteiger partial charge on any atom is 0.203 e. The van der Waals surface area contributed by atoms with Crippen LogP contribution in [0.5, 0.6) is 0 Å². The van der Waals surface area contributed by atoms with Crippen LogP contribution in [0.15, 0.2) is 36.3 Å². The Labute approximate surface area is 95.7 Å². The number of benzene rings is 1. The lowest BCUT2D eigenvalue weighted by atomic mass is 10.1. The smallest absolute Gasteiger partial charge is 0.203 e. The van der Waals surface area contributed by atoms with Crippen molar-refractivity contribution in [2.24, 2.45) is 0 Å². The number of hydrogen-bond acceptors (Lipinski definition) is 3. The van der Waals surface area contributed by atoms with Gasteiger partial charge in [-0.15, -0.1) is 0 Å². The number of ether oxygens (including phenoxy) is 1. The maximum atomic E-state index is 5.49. The molecule has 1 aromatic rings. The highest BCUT2D eigenvalue weighted by Gasteiger charge is 2.25. The largest absolute Gasteiger partial charge is 0.476 e. The quantitative estimate of drug-likeness (QED) is 0.775. The molecule has 0 aromatic heterocycles. The Balaban J connectivity index is 1.92. The first kappa shape index (κ1) is 9.58. The third kappa shape index (κ3) is 1.52. The van der Waals surface area contributed by atoms with Crippen LogP contribution in [0, 0.1) is 0 Å². The number of rotatable bonds is 1. The van der Waals surface area contributed by atoms with Gasteiger partial charge in [-0.25, -0.2) is 0 Å². The Morgan fingerprint density at radius 3 is 3.12 bits per heavy atom. The molecule has 0 radical (unpaired) electrons. The van der Waals surface area contributed by atoms with Crippen molar-refractivity contribution in [1.82, 2.24) is 5.32 Å². The molecule has 1 fully saturated rings. The van der Waals surface area contributed by atoms with E-state index in [-0.39, 0.29) is 0 Å². The number of anilines is 1. The van der Waals surface area contributed by atoms with Gasteiger partial charge in [0, 0.05) is 11.7 Å². The van der Waals surface area contributed by atoms with Gasteiger partial charge in [-0.05, 0) is 25.0 Å². The summed E-state index contributed by atoms with van der Waals surface area (Å²) in [6.45, 7) is 3.93. The molecule has 3 nitrogen and oxygen atoms in total. The highest BCUT2D eigenvalue weighted by atomic mass is 16.5.